The summed E-state index contributed by atoms with van der Waals surface area (Å²) in [6.45, 7) is 5.13. The monoisotopic (exact) mass is 392 g/mol. The first kappa shape index (κ1) is 29.3. The molecular weight excluding hydrogens is 356 g/mol. The zero-order valence-electron chi connectivity index (χ0n) is 16.1. The van der Waals surface area contributed by atoms with Crippen molar-refractivity contribution in [2.45, 2.75) is 58.8 Å². The fourth-order valence-electron chi connectivity index (χ4n) is 2.17. The smallest absolute Gasteiger partial charge is 0.394 e. The first-order valence-electron chi connectivity index (χ1n) is 8.43. The highest BCUT2D eigenvalue weighted by atomic mass is 32.3. The van der Waals surface area contributed by atoms with Crippen LogP contribution >= 0.6 is 0 Å². The van der Waals surface area contributed by atoms with E-state index in [0.717, 1.165) is 18.8 Å². The average Bonchev–Trinajstić information content (AvgIpc) is 2.50. The SMILES string of the molecule is CC=Cc1ccccc1OCCCCCCCCC.N.N.O=S(=O)(O)O. The number of allylic oxidation sites excluding steroid dienone is 1. The lowest BCUT2D eigenvalue weighted by atomic mass is 10.1. The second kappa shape index (κ2) is 18.3. The molecule has 154 valence electrons. The molecule has 1 rings (SSSR count). The van der Waals surface area contributed by atoms with Crippen molar-refractivity contribution < 1.29 is 22.3 Å². The maximum absolute atomic E-state index is 8.74. The van der Waals surface area contributed by atoms with Gasteiger partial charge in [0, 0.05) is 5.56 Å². The van der Waals surface area contributed by atoms with E-state index in [2.05, 4.69) is 37.3 Å². The predicted molar refractivity (Wildman–Crippen MR) is 109 cm³/mol. The van der Waals surface area contributed by atoms with E-state index in [4.69, 9.17) is 22.3 Å². The van der Waals surface area contributed by atoms with Crippen molar-refractivity contribution in [3.8, 4) is 5.75 Å². The summed E-state index contributed by atoms with van der Waals surface area (Å²) < 4.78 is 37.4. The number of rotatable bonds is 10. The van der Waals surface area contributed by atoms with Gasteiger partial charge in [0.2, 0.25) is 0 Å². The number of para-hydroxylation sites is 1. The van der Waals surface area contributed by atoms with Crippen LogP contribution in [0.1, 0.15) is 64.4 Å². The molecule has 0 unspecified atom stereocenters. The highest BCUT2D eigenvalue weighted by Gasteiger charge is 1.99. The fourth-order valence-corrected chi connectivity index (χ4v) is 2.17. The average molecular weight is 393 g/mol. The minimum atomic E-state index is -4.67. The van der Waals surface area contributed by atoms with Gasteiger partial charge in [-0.05, 0) is 19.4 Å². The Morgan fingerprint density at radius 3 is 2.00 bits per heavy atom. The topological polar surface area (TPSA) is 154 Å². The lowest BCUT2D eigenvalue weighted by Crippen LogP contribution is -1.98. The normalized spacial score (nSPS) is 10.3. The number of ether oxygens (including phenoxy) is 1. The van der Waals surface area contributed by atoms with Crippen LogP contribution in [0.2, 0.25) is 0 Å². The summed E-state index contributed by atoms with van der Waals surface area (Å²) in [5.41, 5.74) is 1.17. The fraction of sp³-hybridized carbons (Fsp3) is 0.556. The van der Waals surface area contributed by atoms with Crippen LogP contribution in [0.15, 0.2) is 30.3 Å². The molecule has 8 heteroatoms. The predicted octanol–water partition coefficient (Wildman–Crippen LogP) is 5.52. The molecular formula is C18H36N2O5S. The van der Waals surface area contributed by atoms with Crippen molar-refractivity contribution in [3.63, 3.8) is 0 Å². The van der Waals surface area contributed by atoms with Crippen molar-refractivity contribution >= 4 is 16.5 Å². The number of benzene rings is 1. The molecule has 0 bridgehead atoms. The van der Waals surface area contributed by atoms with E-state index < -0.39 is 10.4 Å². The van der Waals surface area contributed by atoms with Crippen LogP contribution < -0.4 is 17.0 Å². The zero-order valence-corrected chi connectivity index (χ0v) is 16.9. The largest absolute Gasteiger partial charge is 0.493 e. The Labute approximate surface area is 158 Å². The van der Waals surface area contributed by atoms with E-state index >= 15 is 0 Å². The van der Waals surface area contributed by atoms with Gasteiger partial charge in [0.15, 0.2) is 0 Å². The van der Waals surface area contributed by atoms with E-state index in [9.17, 15) is 0 Å². The summed E-state index contributed by atoms with van der Waals surface area (Å²) in [5, 5.41) is 0. The maximum atomic E-state index is 8.74. The number of hydrogen-bond donors (Lipinski definition) is 4. The van der Waals surface area contributed by atoms with Crippen LogP contribution in [0.4, 0.5) is 0 Å². The van der Waals surface area contributed by atoms with Gasteiger partial charge in [-0.1, -0.05) is 75.8 Å². The Morgan fingerprint density at radius 1 is 0.962 bits per heavy atom. The van der Waals surface area contributed by atoms with Crippen LogP contribution in [0.3, 0.4) is 0 Å². The lowest BCUT2D eigenvalue weighted by Gasteiger charge is -2.09. The van der Waals surface area contributed by atoms with Crippen LogP contribution in [-0.2, 0) is 10.4 Å². The van der Waals surface area contributed by atoms with Gasteiger partial charge in [0.1, 0.15) is 5.75 Å². The molecule has 7 nitrogen and oxygen atoms in total. The van der Waals surface area contributed by atoms with Crippen molar-refractivity contribution in [1.29, 1.82) is 0 Å². The quantitative estimate of drug-likeness (QED) is 0.302. The summed E-state index contributed by atoms with van der Waals surface area (Å²) in [5.74, 6) is 1.01. The summed E-state index contributed by atoms with van der Waals surface area (Å²) in [7, 11) is -4.67. The highest BCUT2D eigenvalue weighted by Crippen LogP contribution is 2.19. The van der Waals surface area contributed by atoms with Crippen LogP contribution in [-0.4, -0.2) is 24.1 Å². The third-order valence-electron chi connectivity index (χ3n) is 3.27. The van der Waals surface area contributed by atoms with Crippen molar-refractivity contribution in [1.82, 2.24) is 12.3 Å². The van der Waals surface area contributed by atoms with Gasteiger partial charge in [-0.3, -0.25) is 9.11 Å². The Bertz CT molecular complexity index is 554. The molecule has 0 spiro atoms. The summed E-state index contributed by atoms with van der Waals surface area (Å²) >= 11 is 0. The zero-order chi connectivity index (χ0) is 18.3. The van der Waals surface area contributed by atoms with Crippen LogP contribution in [0, 0.1) is 0 Å². The third-order valence-corrected chi connectivity index (χ3v) is 3.27. The van der Waals surface area contributed by atoms with E-state index in [0.29, 0.717) is 0 Å². The molecule has 0 fully saturated rings. The van der Waals surface area contributed by atoms with Gasteiger partial charge in [-0.25, -0.2) is 0 Å². The second-order valence-electron chi connectivity index (χ2n) is 5.46. The van der Waals surface area contributed by atoms with Gasteiger partial charge in [-0.2, -0.15) is 8.42 Å². The molecule has 0 heterocycles. The van der Waals surface area contributed by atoms with E-state index in [-0.39, 0.29) is 12.3 Å². The molecule has 0 amide bonds. The van der Waals surface area contributed by atoms with Gasteiger partial charge in [-0.15, -0.1) is 0 Å². The van der Waals surface area contributed by atoms with Gasteiger partial charge < -0.3 is 17.0 Å². The van der Waals surface area contributed by atoms with Crippen LogP contribution in [0.25, 0.3) is 6.08 Å². The molecule has 0 aromatic heterocycles. The number of hydrogen-bond acceptors (Lipinski definition) is 5. The van der Waals surface area contributed by atoms with E-state index in [1.54, 1.807) is 0 Å². The Balaban J connectivity index is -0.000000668. The Hall–Kier alpha value is -1.45. The van der Waals surface area contributed by atoms with Gasteiger partial charge in [0.05, 0.1) is 6.61 Å². The molecule has 0 aliphatic rings. The molecule has 0 radical (unpaired) electrons. The minimum absolute atomic E-state index is 0. The molecule has 0 atom stereocenters. The molecule has 1 aromatic rings. The molecule has 8 N–H and O–H groups in total. The van der Waals surface area contributed by atoms with Gasteiger partial charge in [0.25, 0.3) is 0 Å². The minimum Gasteiger partial charge on any atom is -0.493 e. The summed E-state index contributed by atoms with van der Waals surface area (Å²) in [4.78, 5) is 0. The van der Waals surface area contributed by atoms with Crippen molar-refractivity contribution in [3.05, 3.63) is 35.9 Å². The number of unbranched alkanes of at least 4 members (excludes halogenated alkanes) is 6. The van der Waals surface area contributed by atoms with Gasteiger partial charge >= 0.3 is 10.4 Å². The molecule has 0 saturated carbocycles. The summed E-state index contributed by atoms with van der Waals surface area (Å²) in [6, 6.07) is 8.24. The Morgan fingerprint density at radius 2 is 1.46 bits per heavy atom. The Kier molecular flexibility index (Phi) is 20.7. The highest BCUT2D eigenvalue weighted by molar-refractivity contribution is 7.79. The standard InChI is InChI=1S/C18H28O.2H3N.H2O4S/c1-3-5-6-7-8-9-12-16-19-18-15-11-10-14-17(18)13-4-2;;;1-5(2,3)4/h4,10-11,13-15H,3,5-9,12,16H2,1-2H3;2*1H3;(H2,1,2,3,4). The first-order valence-corrected chi connectivity index (χ1v) is 9.82. The molecule has 0 aliphatic heterocycles. The third kappa shape index (κ3) is 20.6. The molecule has 0 aliphatic carbocycles. The molecule has 26 heavy (non-hydrogen) atoms. The van der Waals surface area contributed by atoms with Crippen molar-refractivity contribution in [2.75, 3.05) is 6.61 Å². The maximum Gasteiger partial charge on any atom is 0.394 e. The molecule has 0 saturated heterocycles. The molecule has 1 aromatic carbocycles. The van der Waals surface area contributed by atoms with Crippen LogP contribution in [0.5, 0.6) is 5.75 Å². The van der Waals surface area contributed by atoms with E-state index in [1.165, 1.54) is 44.1 Å². The van der Waals surface area contributed by atoms with E-state index in [1.807, 2.05) is 13.0 Å². The summed E-state index contributed by atoms with van der Waals surface area (Å²) in [6.07, 6.45) is 13.4. The van der Waals surface area contributed by atoms with Crippen molar-refractivity contribution in [2.24, 2.45) is 0 Å². The lowest BCUT2D eigenvalue weighted by molar-refractivity contribution is 0.303. The second-order valence-corrected chi connectivity index (χ2v) is 6.35. The first-order chi connectivity index (χ1) is 11.4.